The number of nitrogens with one attached hydrogen (secondary N) is 4. The number of amides is 1. The summed E-state index contributed by atoms with van der Waals surface area (Å²) in [6.07, 6.45) is 3.98. The van der Waals surface area contributed by atoms with E-state index in [9.17, 15) is 24.9 Å². The molecule has 2 atom stereocenters. The molecule has 53 heavy (non-hydrogen) atoms. The van der Waals surface area contributed by atoms with Gasteiger partial charge in [-0.15, -0.1) is 0 Å². The number of halogens is 2. The first-order valence-corrected chi connectivity index (χ1v) is 18.8. The first-order chi connectivity index (χ1) is 25.5. The molecule has 4 rings (SSSR count). The molecule has 1 fully saturated rings. The quantitative estimate of drug-likeness (QED) is 0.0571. The van der Waals surface area contributed by atoms with Crippen molar-refractivity contribution in [3.63, 3.8) is 0 Å². The highest BCUT2D eigenvalue weighted by Crippen LogP contribution is 2.37. The third-order valence-corrected chi connectivity index (χ3v) is 10.1. The number of β-amino-alcohol motifs (C(OH)–C–C–N with tert-alkyl or cyclic N) is 1. The maximum Gasteiger partial charge on any atom is 0.323 e. The van der Waals surface area contributed by atoms with Crippen molar-refractivity contribution in [2.75, 3.05) is 71.9 Å². The number of likely N-dealkylation sites (N-methyl/N-ethyl adjacent to an activating group) is 1. The molecule has 7 N–H and O–H groups in total. The summed E-state index contributed by atoms with van der Waals surface area (Å²) in [4.78, 5) is 28.2. The van der Waals surface area contributed by atoms with Gasteiger partial charge < -0.3 is 50.6 Å². The molecule has 15 heteroatoms. The van der Waals surface area contributed by atoms with Crippen molar-refractivity contribution < 1.29 is 34.4 Å². The van der Waals surface area contributed by atoms with Crippen molar-refractivity contribution in [3.05, 3.63) is 74.7 Å². The summed E-state index contributed by atoms with van der Waals surface area (Å²) in [5, 5.41) is 46.2. The first kappa shape index (κ1) is 42.0. The minimum atomic E-state index is -1.21. The fraction of sp³-hybridized carbons (Fsp3) is 0.447. The van der Waals surface area contributed by atoms with E-state index < -0.39 is 18.6 Å². The summed E-state index contributed by atoms with van der Waals surface area (Å²) in [5.41, 5.74) is 4.69. The number of unbranched alkanes of at least 4 members (excludes halogenated alkanes) is 1. The third kappa shape index (κ3) is 12.7. The lowest BCUT2D eigenvalue weighted by atomic mass is 9.97. The summed E-state index contributed by atoms with van der Waals surface area (Å²) < 4.78 is 12.9. The van der Waals surface area contributed by atoms with Crippen LogP contribution in [-0.2, 0) is 22.7 Å². The number of carboxylic acids is 1. The zero-order valence-electron chi connectivity index (χ0n) is 30.2. The van der Waals surface area contributed by atoms with Crippen LogP contribution in [0.1, 0.15) is 36.0 Å². The molecule has 1 saturated heterocycles. The number of rotatable bonds is 22. The summed E-state index contributed by atoms with van der Waals surface area (Å²) in [7, 11) is 3.80. The Hall–Kier alpha value is -3.76. The fourth-order valence-corrected chi connectivity index (χ4v) is 6.73. The number of carbonyl (C=O) groups is 2. The van der Waals surface area contributed by atoms with Crippen LogP contribution in [0.2, 0.25) is 5.02 Å². The highest BCUT2D eigenvalue weighted by molar-refractivity contribution is 9.10. The molecule has 288 valence electrons. The van der Waals surface area contributed by atoms with Gasteiger partial charge in [-0.05, 0) is 79.1 Å². The molecule has 3 aromatic rings. The second kappa shape index (κ2) is 21.2. The van der Waals surface area contributed by atoms with E-state index in [-0.39, 0.29) is 42.5 Å². The normalized spacial score (nSPS) is 15.0. The maximum atomic E-state index is 12.5. The Morgan fingerprint density at radius 3 is 2.57 bits per heavy atom. The third-order valence-electron chi connectivity index (χ3n) is 8.84. The maximum absolute atomic E-state index is 12.5. The Bertz CT molecular complexity index is 1700. The SMILES string of the molecule is CN(C)CCNC(=O)COc1cc(OCc2cccc(-c3cccc(NCCCCN4CC[C@@H](O)C4)c3C=N)c2Br)c(Cl)cc1CN[C@@H](CO)C(=O)O. The van der Waals surface area contributed by atoms with Crippen LogP contribution in [0.4, 0.5) is 5.69 Å². The molecule has 1 aliphatic heterocycles. The number of carbonyl (C=O) groups excluding carboxylic acids is 1. The second-order valence-corrected chi connectivity index (χ2v) is 14.3. The van der Waals surface area contributed by atoms with E-state index in [1.165, 1.54) is 6.21 Å². The average Bonchev–Trinajstić information content (AvgIpc) is 3.55. The Balaban J connectivity index is 1.47. The number of aliphatic carboxylic acids is 1. The molecule has 1 amide bonds. The highest BCUT2D eigenvalue weighted by Gasteiger charge is 2.21. The van der Waals surface area contributed by atoms with Gasteiger partial charge in [-0.2, -0.15) is 0 Å². The van der Waals surface area contributed by atoms with Crippen molar-refractivity contribution in [2.45, 2.75) is 44.6 Å². The molecule has 0 aliphatic carbocycles. The molecule has 1 aliphatic rings. The van der Waals surface area contributed by atoms with Crippen LogP contribution in [0.25, 0.3) is 11.1 Å². The van der Waals surface area contributed by atoms with Gasteiger partial charge in [0.15, 0.2) is 6.61 Å². The Kier molecular flexibility index (Phi) is 16.8. The number of ether oxygens (including phenoxy) is 2. The van der Waals surface area contributed by atoms with Crippen LogP contribution in [0.3, 0.4) is 0 Å². The van der Waals surface area contributed by atoms with Crippen LogP contribution in [-0.4, -0.2) is 122 Å². The first-order valence-electron chi connectivity index (χ1n) is 17.6. The van der Waals surface area contributed by atoms with E-state index in [0.717, 1.165) is 77.9 Å². The largest absolute Gasteiger partial charge is 0.487 e. The number of aliphatic hydroxyl groups is 2. The molecule has 3 aromatic carbocycles. The van der Waals surface area contributed by atoms with E-state index >= 15 is 0 Å². The molecule has 0 unspecified atom stereocenters. The number of aliphatic hydroxyl groups excluding tert-OH is 2. The topological polar surface area (TPSA) is 180 Å². The van der Waals surface area contributed by atoms with Gasteiger partial charge in [0, 0.05) is 78.4 Å². The van der Waals surface area contributed by atoms with Gasteiger partial charge >= 0.3 is 5.97 Å². The van der Waals surface area contributed by atoms with E-state index in [2.05, 4.69) is 36.8 Å². The van der Waals surface area contributed by atoms with Crippen LogP contribution in [0.15, 0.2) is 53.0 Å². The smallest absolute Gasteiger partial charge is 0.323 e. The van der Waals surface area contributed by atoms with Crippen molar-refractivity contribution >= 4 is 51.3 Å². The molecule has 13 nitrogen and oxygen atoms in total. The van der Waals surface area contributed by atoms with Gasteiger partial charge in [0.25, 0.3) is 5.91 Å². The molecule has 1 heterocycles. The summed E-state index contributed by atoms with van der Waals surface area (Å²) in [5.74, 6) is -0.981. The van der Waals surface area contributed by atoms with Crippen molar-refractivity contribution in [3.8, 4) is 22.6 Å². The van der Waals surface area contributed by atoms with Gasteiger partial charge in [-0.3, -0.25) is 14.9 Å². The number of benzene rings is 3. The fourth-order valence-electron chi connectivity index (χ4n) is 5.90. The van der Waals surface area contributed by atoms with Gasteiger partial charge in [0.1, 0.15) is 24.1 Å². The second-order valence-electron chi connectivity index (χ2n) is 13.1. The van der Waals surface area contributed by atoms with E-state index in [4.69, 9.17) is 26.5 Å². The van der Waals surface area contributed by atoms with Gasteiger partial charge in [0.2, 0.25) is 0 Å². The predicted octanol–water partition coefficient (Wildman–Crippen LogP) is 4.20. The van der Waals surface area contributed by atoms with E-state index in [1.807, 2.05) is 55.4 Å². The van der Waals surface area contributed by atoms with E-state index in [0.29, 0.717) is 24.4 Å². The van der Waals surface area contributed by atoms with Crippen LogP contribution in [0.5, 0.6) is 11.5 Å². The zero-order chi connectivity index (χ0) is 38.3. The lowest BCUT2D eigenvalue weighted by Crippen LogP contribution is -2.39. The van der Waals surface area contributed by atoms with Crippen molar-refractivity contribution in [1.29, 1.82) is 5.41 Å². The summed E-state index contributed by atoms with van der Waals surface area (Å²) in [6, 6.07) is 13.7. The summed E-state index contributed by atoms with van der Waals surface area (Å²) in [6.45, 7) is 3.73. The van der Waals surface area contributed by atoms with Gasteiger partial charge in [-0.25, -0.2) is 0 Å². The molecule has 0 saturated carbocycles. The number of carboxylic acid groups (broad SMARTS) is 1. The molecular formula is C38H50BrClN6O7. The number of anilines is 1. The highest BCUT2D eigenvalue weighted by atomic mass is 79.9. The Morgan fingerprint density at radius 2 is 1.87 bits per heavy atom. The standard InChI is InChI=1S/C38H50BrClN6O7/c1-45(2)16-13-43-36(49)24-53-34-18-35(31(40)17-26(34)20-44-33(22-47)38(50)51)52-23-25-7-5-9-29(37(25)39)28-8-6-10-32(30(28)19-41)42-12-3-4-14-46-15-11-27(48)21-46/h5-10,17-19,27,33,41-42,44,47-48H,3-4,11-16,20-24H2,1-2H3,(H,43,49)(H,50,51)/t27-,33+/m1/s1. The van der Waals surface area contributed by atoms with Crippen molar-refractivity contribution in [1.82, 2.24) is 20.4 Å². The van der Waals surface area contributed by atoms with Crippen LogP contribution < -0.4 is 25.4 Å². The Labute approximate surface area is 324 Å². The number of hydrogen-bond donors (Lipinski definition) is 7. The average molecular weight is 818 g/mol. The molecule has 0 radical (unpaired) electrons. The van der Waals surface area contributed by atoms with Gasteiger partial charge in [-0.1, -0.05) is 41.9 Å². The van der Waals surface area contributed by atoms with Crippen molar-refractivity contribution in [2.24, 2.45) is 0 Å². The van der Waals surface area contributed by atoms with Gasteiger partial charge in [0.05, 0.1) is 17.7 Å². The number of likely N-dealkylation sites (tertiary alicyclic amines) is 1. The lowest BCUT2D eigenvalue weighted by Gasteiger charge is -2.19. The summed E-state index contributed by atoms with van der Waals surface area (Å²) >= 11 is 10.4. The molecule has 0 aromatic heterocycles. The number of nitrogens with zero attached hydrogens (tertiary/aromatic N) is 2. The molecular weight excluding hydrogens is 768 g/mol. The lowest BCUT2D eigenvalue weighted by molar-refractivity contribution is -0.140. The molecule has 0 spiro atoms. The van der Waals surface area contributed by atoms with E-state index in [1.54, 1.807) is 12.1 Å². The zero-order valence-corrected chi connectivity index (χ0v) is 32.5. The number of hydrogen-bond acceptors (Lipinski definition) is 11. The monoisotopic (exact) mass is 816 g/mol. The Morgan fingerprint density at radius 1 is 1.09 bits per heavy atom. The minimum absolute atomic E-state index is 0.00438. The molecule has 0 bridgehead atoms. The predicted molar refractivity (Wildman–Crippen MR) is 210 cm³/mol. The minimum Gasteiger partial charge on any atom is -0.487 e. The van der Waals surface area contributed by atoms with Crippen LogP contribution in [0, 0.1) is 5.41 Å². The van der Waals surface area contributed by atoms with Crippen LogP contribution >= 0.6 is 27.5 Å².